The molecule has 1 aromatic heterocycles. The number of carbonyl (C=O) groups is 1. The maximum absolute atomic E-state index is 11.1. The minimum absolute atomic E-state index is 0.210. The number of hydrogen-bond acceptors (Lipinski definition) is 3. The Kier molecular flexibility index (Phi) is 4.39. The van der Waals surface area contributed by atoms with Crippen LogP contribution in [0, 0.1) is 6.92 Å². The molecule has 0 atom stereocenters. The van der Waals surface area contributed by atoms with Crippen molar-refractivity contribution in [1.29, 1.82) is 0 Å². The molecule has 0 amide bonds. The van der Waals surface area contributed by atoms with Gasteiger partial charge in [-0.25, -0.2) is 0 Å². The van der Waals surface area contributed by atoms with Crippen molar-refractivity contribution in [2.45, 2.75) is 26.2 Å². The third-order valence-electron chi connectivity index (χ3n) is 3.11. The number of carbonyl (C=O) groups excluding carboxylic acids is 1. The molecule has 0 spiro atoms. The Hall–Kier alpha value is -2.03. The van der Waals surface area contributed by atoms with Gasteiger partial charge < -0.3 is 9.15 Å². The van der Waals surface area contributed by atoms with Crippen LogP contribution in [0.25, 0.3) is 0 Å². The number of hydrogen-bond donors (Lipinski definition) is 0. The van der Waals surface area contributed by atoms with Gasteiger partial charge in [-0.2, -0.15) is 0 Å². The Bertz CT molecular complexity index is 540. The lowest BCUT2D eigenvalue weighted by Crippen LogP contribution is -2.01. The van der Waals surface area contributed by atoms with Gasteiger partial charge in [0.25, 0.3) is 0 Å². The molecule has 0 aliphatic heterocycles. The standard InChI is InChI=1S/C16H18O3/c1-12-14(10-13-6-4-3-5-7-13)11-15(19-12)8-9-16(17)18-2/h3-7,11H,8-10H2,1-2H3. The normalized spacial score (nSPS) is 10.4. The molecular formula is C16H18O3. The quantitative estimate of drug-likeness (QED) is 0.772. The summed E-state index contributed by atoms with van der Waals surface area (Å²) in [5.41, 5.74) is 2.43. The van der Waals surface area contributed by atoms with Gasteiger partial charge in [0, 0.05) is 12.8 Å². The van der Waals surface area contributed by atoms with Gasteiger partial charge in [0.1, 0.15) is 11.5 Å². The molecule has 0 N–H and O–H groups in total. The number of esters is 1. The predicted octanol–water partition coefficient (Wildman–Crippen LogP) is 3.28. The summed E-state index contributed by atoms with van der Waals surface area (Å²) in [4.78, 5) is 11.1. The van der Waals surface area contributed by atoms with Gasteiger partial charge in [-0.1, -0.05) is 30.3 Å². The highest BCUT2D eigenvalue weighted by atomic mass is 16.5. The molecule has 19 heavy (non-hydrogen) atoms. The number of rotatable bonds is 5. The van der Waals surface area contributed by atoms with Gasteiger partial charge >= 0.3 is 5.97 Å². The van der Waals surface area contributed by atoms with Crippen LogP contribution in [0.3, 0.4) is 0 Å². The Balaban J connectivity index is 2.02. The fourth-order valence-electron chi connectivity index (χ4n) is 2.03. The lowest BCUT2D eigenvalue weighted by Gasteiger charge is -1.98. The van der Waals surface area contributed by atoms with E-state index >= 15 is 0 Å². The molecule has 0 aliphatic carbocycles. The predicted molar refractivity (Wildman–Crippen MR) is 73.0 cm³/mol. The van der Waals surface area contributed by atoms with E-state index in [0.29, 0.717) is 12.8 Å². The Labute approximate surface area is 113 Å². The summed E-state index contributed by atoms with van der Waals surface area (Å²) in [5, 5.41) is 0. The Morgan fingerprint density at radius 1 is 1.26 bits per heavy atom. The van der Waals surface area contributed by atoms with E-state index in [1.807, 2.05) is 31.2 Å². The van der Waals surface area contributed by atoms with Crippen LogP contribution in [0.1, 0.15) is 29.1 Å². The summed E-state index contributed by atoms with van der Waals surface area (Å²) < 4.78 is 10.3. The van der Waals surface area contributed by atoms with Gasteiger partial charge in [-0.05, 0) is 24.1 Å². The maximum atomic E-state index is 11.1. The smallest absolute Gasteiger partial charge is 0.305 e. The molecule has 0 fully saturated rings. The molecule has 0 radical (unpaired) electrons. The first-order valence-corrected chi connectivity index (χ1v) is 6.38. The van der Waals surface area contributed by atoms with Gasteiger partial charge in [0.15, 0.2) is 0 Å². The molecule has 100 valence electrons. The van der Waals surface area contributed by atoms with Crippen molar-refractivity contribution >= 4 is 5.97 Å². The zero-order valence-electron chi connectivity index (χ0n) is 11.3. The van der Waals surface area contributed by atoms with Gasteiger partial charge in [0.05, 0.1) is 13.5 Å². The Morgan fingerprint density at radius 3 is 2.68 bits per heavy atom. The molecule has 0 saturated heterocycles. The van der Waals surface area contributed by atoms with E-state index in [1.165, 1.54) is 18.2 Å². The summed E-state index contributed by atoms with van der Waals surface area (Å²) in [6.45, 7) is 1.96. The third kappa shape index (κ3) is 3.71. The second kappa shape index (κ2) is 6.23. The minimum atomic E-state index is -0.210. The highest BCUT2D eigenvalue weighted by Gasteiger charge is 2.10. The fraction of sp³-hybridized carbons (Fsp3) is 0.312. The monoisotopic (exact) mass is 258 g/mol. The third-order valence-corrected chi connectivity index (χ3v) is 3.11. The zero-order chi connectivity index (χ0) is 13.7. The van der Waals surface area contributed by atoms with Crippen molar-refractivity contribution < 1.29 is 13.9 Å². The first-order valence-electron chi connectivity index (χ1n) is 6.38. The number of ether oxygens (including phenoxy) is 1. The summed E-state index contributed by atoms with van der Waals surface area (Å²) in [5.74, 6) is 1.55. The average Bonchev–Trinajstić information content (AvgIpc) is 2.78. The average molecular weight is 258 g/mol. The van der Waals surface area contributed by atoms with E-state index in [0.717, 1.165) is 17.9 Å². The molecule has 0 aliphatic rings. The SMILES string of the molecule is COC(=O)CCc1cc(Cc2ccccc2)c(C)o1. The first-order chi connectivity index (χ1) is 9.19. The van der Waals surface area contributed by atoms with E-state index in [2.05, 4.69) is 16.9 Å². The van der Waals surface area contributed by atoms with Crippen LogP contribution in [0.5, 0.6) is 0 Å². The lowest BCUT2D eigenvalue weighted by atomic mass is 10.1. The van der Waals surface area contributed by atoms with Crippen LogP contribution in [-0.2, 0) is 22.4 Å². The van der Waals surface area contributed by atoms with Crippen LogP contribution in [0.2, 0.25) is 0 Å². The highest BCUT2D eigenvalue weighted by molar-refractivity contribution is 5.69. The minimum Gasteiger partial charge on any atom is -0.469 e. The van der Waals surface area contributed by atoms with E-state index in [4.69, 9.17) is 4.42 Å². The molecule has 0 unspecified atom stereocenters. The summed E-state index contributed by atoms with van der Waals surface area (Å²) >= 11 is 0. The summed E-state index contributed by atoms with van der Waals surface area (Å²) in [6.07, 6.45) is 1.80. The summed E-state index contributed by atoms with van der Waals surface area (Å²) in [6, 6.07) is 12.3. The van der Waals surface area contributed by atoms with Gasteiger partial charge in [-0.3, -0.25) is 4.79 Å². The number of furan rings is 1. The maximum Gasteiger partial charge on any atom is 0.305 e. The van der Waals surface area contributed by atoms with Crippen molar-refractivity contribution in [2.24, 2.45) is 0 Å². The molecular weight excluding hydrogens is 240 g/mol. The molecule has 3 heteroatoms. The van der Waals surface area contributed by atoms with Crippen molar-refractivity contribution in [2.75, 3.05) is 7.11 Å². The second-order valence-corrected chi connectivity index (χ2v) is 4.53. The van der Waals surface area contributed by atoms with Crippen molar-refractivity contribution in [3.8, 4) is 0 Å². The van der Waals surface area contributed by atoms with E-state index in [1.54, 1.807) is 0 Å². The number of aryl methyl sites for hydroxylation is 2. The topological polar surface area (TPSA) is 39.4 Å². The molecule has 2 rings (SSSR count). The van der Waals surface area contributed by atoms with Crippen molar-refractivity contribution in [3.63, 3.8) is 0 Å². The van der Waals surface area contributed by atoms with E-state index < -0.39 is 0 Å². The molecule has 2 aromatic rings. The largest absolute Gasteiger partial charge is 0.469 e. The molecule has 3 nitrogen and oxygen atoms in total. The Morgan fingerprint density at radius 2 is 2.00 bits per heavy atom. The molecule has 0 saturated carbocycles. The first kappa shape index (κ1) is 13.4. The van der Waals surface area contributed by atoms with Crippen LogP contribution < -0.4 is 0 Å². The van der Waals surface area contributed by atoms with Gasteiger partial charge in [0.2, 0.25) is 0 Å². The second-order valence-electron chi connectivity index (χ2n) is 4.53. The van der Waals surface area contributed by atoms with Crippen LogP contribution >= 0.6 is 0 Å². The van der Waals surface area contributed by atoms with Crippen LogP contribution in [0.15, 0.2) is 40.8 Å². The zero-order valence-corrected chi connectivity index (χ0v) is 11.3. The lowest BCUT2D eigenvalue weighted by molar-refractivity contribution is -0.140. The number of methoxy groups -OCH3 is 1. The molecule has 1 heterocycles. The van der Waals surface area contributed by atoms with Crippen LogP contribution in [-0.4, -0.2) is 13.1 Å². The summed E-state index contributed by atoms with van der Waals surface area (Å²) in [7, 11) is 1.40. The molecule has 0 bridgehead atoms. The highest BCUT2D eigenvalue weighted by Crippen LogP contribution is 2.19. The van der Waals surface area contributed by atoms with Crippen LogP contribution in [0.4, 0.5) is 0 Å². The van der Waals surface area contributed by atoms with Crippen molar-refractivity contribution in [3.05, 3.63) is 59.0 Å². The molecule has 1 aromatic carbocycles. The van der Waals surface area contributed by atoms with E-state index in [9.17, 15) is 4.79 Å². The van der Waals surface area contributed by atoms with E-state index in [-0.39, 0.29) is 5.97 Å². The number of benzene rings is 1. The van der Waals surface area contributed by atoms with Gasteiger partial charge in [-0.15, -0.1) is 0 Å². The fourth-order valence-corrected chi connectivity index (χ4v) is 2.03. The van der Waals surface area contributed by atoms with Crippen molar-refractivity contribution in [1.82, 2.24) is 0 Å².